The van der Waals surface area contributed by atoms with Crippen LogP contribution < -0.4 is 0 Å². The van der Waals surface area contributed by atoms with Gasteiger partial charge in [0.25, 0.3) is 0 Å². The number of hydrogen-bond donors (Lipinski definition) is 0. The Morgan fingerprint density at radius 2 is 1.50 bits per heavy atom. The van der Waals surface area contributed by atoms with Crippen molar-refractivity contribution in [3.05, 3.63) is 11.6 Å². The molecule has 0 radical (unpaired) electrons. The fourth-order valence-corrected chi connectivity index (χ4v) is 5.87. The molecule has 0 aliphatic carbocycles. The van der Waals surface area contributed by atoms with Gasteiger partial charge in [0.15, 0.2) is 6.29 Å². The van der Waals surface area contributed by atoms with Crippen LogP contribution in [0, 0.1) is 0 Å². The zero-order valence-corrected chi connectivity index (χ0v) is 22.7. The Labute approximate surface area is 199 Å². The van der Waals surface area contributed by atoms with E-state index in [-0.39, 0.29) is 12.3 Å². The van der Waals surface area contributed by atoms with Gasteiger partial charge in [-0.3, -0.25) is 4.79 Å². The number of allylic oxidation sites excluding steroid dienone is 1. The van der Waals surface area contributed by atoms with Crippen molar-refractivity contribution in [1.82, 2.24) is 0 Å². The van der Waals surface area contributed by atoms with E-state index in [2.05, 4.69) is 25.7 Å². The number of hydrogen-bond acceptors (Lipinski definition) is 4. The fraction of sp³-hybridized carbons (Fsp3) is 0.889. The number of rotatable bonds is 19. The summed E-state index contributed by atoms with van der Waals surface area (Å²) in [5.41, 5.74) is 1.33. The van der Waals surface area contributed by atoms with Gasteiger partial charge in [-0.15, -0.1) is 0 Å². The van der Waals surface area contributed by atoms with Gasteiger partial charge in [0.05, 0.1) is 0 Å². The zero-order valence-electron chi connectivity index (χ0n) is 21.7. The molecular formula is C27H52O4Si. The third-order valence-corrected chi connectivity index (χ3v) is 7.46. The van der Waals surface area contributed by atoms with Crippen molar-refractivity contribution in [2.24, 2.45) is 0 Å². The van der Waals surface area contributed by atoms with Crippen molar-refractivity contribution < 1.29 is 19.0 Å². The van der Waals surface area contributed by atoms with Gasteiger partial charge in [-0.1, -0.05) is 83.5 Å². The lowest BCUT2D eigenvalue weighted by atomic mass is 10.0. The first-order chi connectivity index (χ1) is 15.4. The van der Waals surface area contributed by atoms with E-state index in [9.17, 15) is 4.79 Å². The standard InChI is InChI=1S/C27H52O4Si/c1-25(28)31-23-26(24-32(2,3)4)19-15-13-11-9-7-5-6-8-10-12-14-17-21-29-27-20-16-18-22-30-27/h19,27H,5-18,20-24H2,1-4H3/b26-19-. The molecule has 0 bridgehead atoms. The summed E-state index contributed by atoms with van der Waals surface area (Å²) in [6, 6.07) is 1.13. The van der Waals surface area contributed by atoms with E-state index in [1.54, 1.807) is 0 Å². The summed E-state index contributed by atoms with van der Waals surface area (Å²) in [7, 11) is -1.18. The van der Waals surface area contributed by atoms with Crippen LogP contribution in [0.25, 0.3) is 0 Å². The highest BCUT2D eigenvalue weighted by atomic mass is 28.3. The lowest BCUT2D eigenvalue weighted by molar-refractivity contribution is -0.162. The molecule has 1 rings (SSSR count). The predicted molar refractivity (Wildman–Crippen MR) is 138 cm³/mol. The summed E-state index contributed by atoms with van der Waals surface area (Å²) in [5, 5.41) is 0. The number of carbonyl (C=O) groups excluding carboxylic acids is 1. The topological polar surface area (TPSA) is 44.8 Å². The largest absolute Gasteiger partial charge is 0.461 e. The number of unbranched alkanes of at least 4 members (excludes halogenated alkanes) is 11. The first-order valence-corrected chi connectivity index (χ1v) is 17.1. The SMILES string of the molecule is CC(=O)OC/C(=C/CCCCCCCCCCCCCOC1CCCCO1)C[Si](C)(C)C. The highest BCUT2D eigenvalue weighted by Crippen LogP contribution is 2.19. The second-order valence-corrected chi connectivity index (χ2v) is 16.2. The van der Waals surface area contributed by atoms with E-state index in [0.29, 0.717) is 6.61 Å². The average molecular weight is 469 g/mol. The van der Waals surface area contributed by atoms with Gasteiger partial charge in [0, 0.05) is 28.2 Å². The van der Waals surface area contributed by atoms with Crippen LogP contribution in [0.5, 0.6) is 0 Å². The van der Waals surface area contributed by atoms with Gasteiger partial charge in [-0.05, 0) is 50.1 Å². The maximum Gasteiger partial charge on any atom is 0.302 e. The molecular weight excluding hydrogens is 416 g/mol. The van der Waals surface area contributed by atoms with Gasteiger partial charge >= 0.3 is 5.97 Å². The van der Waals surface area contributed by atoms with Crippen LogP contribution >= 0.6 is 0 Å². The van der Waals surface area contributed by atoms with Crippen LogP contribution in [0.1, 0.15) is 103 Å². The van der Waals surface area contributed by atoms with Gasteiger partial charge < -0.3 is 14.2 Å². The molecule has 188 valence electrons. The Morgan fingerprint density at radius 1 is 0.906 bits per heavy atom. The molecule has 1 aliphatic rings. The van der Waals surface area contributed by atoms with E-state index in [1.807, 2.05) is 0 Å². The molecule has 0 aromatic carbocycles. The Hall–Kier alpha value is -0.653. The summed E-state index contributed by atoms with van der Waals surface area (Å²) in [5.74, 6) is -0.176. The first kappa shape index (κ1) is 29.4. The number of ether oxygens (including phenoxy) is 3. The van der Waals surface area contributed by atoms with Crippen LogP contribution in [0.4, 0.5) is 0 Å². The van der Waals surface area contributed by atoms with Gasteiger partial charge in [0.2, 0.25) is 0 Å². The Morgan fingerprint density at radius 3 is 2.03 bits per heavy atom. The van der Waals surface area contributed by atoms with E-state index in [0.717, 1.165) is 32.1 Å². The Bertz CT molecular complexity index is 492. The Balaban J connectivity index is 1.89. The minimum atomic E-state index is -1.18. The molecule has 0 saturated carbocycles. The molecule has 4 nitrogen and oxygen atoms in total. The fourth-order valence-electron chi connectivity index (χ4n) is 4.26. The molecule has 0 aromatic heterocycles. The summed E-state index contributed by atoms with van der Waals surface area (Å²) < 4.78 is 16.6. The van der Waals surface area contributed by atoms with E-state index < -0.39 is 8.07 Å². The summed E-state index contributed by atoms with van der Waals surface area (Å²) in [6.45, 7) is 10.8. The van der Waals surface area contributed by atoms with Crippen molar-refractivity contribution in [1.29, 1.82) is 0 Å². The number of esters is 1. The van der Waals surface area contributed by atoms with Gasteiger partial charge in [-0.2, -0.15) is 0 Å². The minimum absolute atomic E-state index is 0.0766. The summed E-state index contributed by atoms with van der Waals surface area (Å²) in [6.07, 6.45) is 21.7. The van der Waals surface area contributed by atoms with E-state index in [1.165, 1.54) is 96.0 Å². The third-order valence-electron chi connectivity index (χ3n) is 5.94. The molecule has 32 heavy (non-hydrogen) atoms. The number of carbonyl (C=O) groups is 1. The van der Waals surface area contributed by atoms with Crippen molar-refractivity contribution in [3.8, 4) is 0 Å². The van der Waals surface area contributed by atoms with Gasteiger partial charge in [0.1, 0.15) is 6.61 Å². The second-order valence-electron chi connectivity index (χ2n) is 10.7. The summed E-state index contributed by atoms with van der Waals surface area (Å²) >= 11 is 0. The highest BCUT2D eigenvalue weighted by Gasteiger charge is 2.16. The first-order valence-electron chi connectivity index (χ1n) is 13.4. The molecule has 0 aromatic rings. The molecule has 0 amide bonds. The maximum absolute atomic E-state index is 11.1. The zero-order chi connectivity index (χ0) is 23.5. The molecule has 0 spiro atoms. The second kappa shape index (κ2) is 18.7. The quantitative estimate of drug-likeness (QED) is 0.0832. The molecule has 1 unspecified atom stereocenters. The van der Waals surface area contributed by atoms with Crippen molar-refractivity contribution in [2.75, 3.05) is 19.8 Å². The lowest BCUT2D eigenvalue weighted by Crippen LogP contribution is -2.22. The van der Waals surface area contributed by atoms with E-state index in [4.69, 9.17) is 14.2 Å². The monoisotopic (exact) mass is 468 g/mol. The smallest absolute Gasteiger partial charge is 0.302 e. The molecule has 1 fully saturated rings. The molecule has 0 N–H and O–H groups in total. The van der Waals surface area contributed by atoms with Crippen molar-refractivity contribution in [3.63, 3.8) is 0 Å². The van der Waals surface area contributed by atoms with Crippen molar-refractivity contribution >= 4 is 14.0 Å². The highest BCUT2D eigenvalue weighted by molar-refractivity contribution is 6.76. The van der Waals surface area contributed by atoms with Gasteiger partial charge in [-0.25, -0.2) is 0 Å². The van der Waals surface area contributed by atoms with Crippen LogP contribution in [-0.4, -0.2) is 40.2 Å². The maximum atomic E-state index is 11.1. The normalized spacial score (nSPS) is 17.5. The lowest BCUT2D eigenvalue weighted by Gasteiger charge is -2.22. The van der Waals surface area contributed by atoms with E-state index >= 15 is 0 Å². The molecule has 1 aliphatic heterocycles. The van der Waals surface area contributed by atoms with Crippen LogP contribution in [-0.2, 0) is 19.0 Å². The van der Waals surface area contributed by atoms with Crippen LogP contribution in [0.2, 0.25) is 25.7 Å². The predicted octanol–water partition coefficient (Wildman–Crippen LogP) is 8.04. The third kappa shape index (κ3) is 18.9. The minimum Gasteiger partial charge on any atom is -0.461 e. The molecule has 5 heteroatoms. The van der Waals surface area contributed by atoms with Crippen LogP contribution in [0.15, 0.2) is 11.6 Å². The Kier molecular flexibility index (Phi) is 17.2. The molecule has 1 heterocycles. The van der Waals surface area contributed by atoms with Crippen LogP contribution in [0.3, 0.4) is 0 Å². The average Bonchev–Trinajstić information content (AvgIpc) is 2.74. The summed E-state index contributed by atoms with van der Waals surface area (Å²) in [4.78, 5) is 11.1. The molecule has 1 saturated heterocycles. The van der Waals surface area contributed by atoms with Crippen molar-refractivity contribution in [2.45, 2.75) is 135 Å². The molecule has 1 atom stereocenters.